The summed E-state index contributed by atoms with van der Waals surface area (Å²) >= 11 is 0. The van der Waals surface area contributed by atoms with Gasteiger partial charge in [0.1, 0.15) is 5.82 Å². The smallest absolute Gasteiger partial charge is 0.193 e. The Morgan fingerprint density at radius 2 is 1.85 bits per heavy atom. The minimum absolute atomic E-state index is 0.458. The first-order valence-electron chi connectivity index (χ1n) is 9.58. The van der Waals surface area contributed by atoms with Crippen LogP contribution >= 0.6 is 0 Å². The first-order chi connectivity index (χ1) is 12.7. The largest absolute Gasteiger partial charge is 0.370 e. The second kappa shape index (κ2) is 8.70. The molecule has 5 nitrogen and oxygen atoms in total. The van der Waals surface area contributed by atoms with E-state index < -0.39 is 0 Å². The molecule has 0 saturated carbocycles. The Morgan fingerprint density at radius 1 is 1.15 bits per heavy atom. The Balaban J connectivity index is 1.70. The van der Waals surface area contributed by atoms with Crippen molar-refractivity contribution in [2.45, 2.75) is 46.1 Å². The van der Waals surface area contributed by atoms with Crippen molar-refractivity contribution in [1.29, 1.82) is 0 Å². The summed E-state index contributed by atoms with van der Waals surface area (Å²) in [5, 5.41) is 3.32. The van der Waals surface area contributed by atoms with Crippen LogP contribution in [0.2, 0.25) is 0 Å². The van der Waals surface area contributed by atoms with Crippen LogP contribution in [0.3, 0.4) is 0 Å². The van der Waals surface area contributed by atoms with Crippen molar-refractivity contribution < 1.29 is 0 Å². The number of aromatic nitrogens is 1. The van der Waals surface area contributed by atoms with E-state index in [1.54, 1.807) is 0 Å². The topological polar surface area (TPSA) is 66.5 Å². The Labute approximate surface area is 156 Å². The molecule has 1 saturated heterocycles. The Hall–Kier alpha value is -2.56. The first-order valence-corrected chi connectivity index (χ1v) is 9.58. The van der Waals surface area contributed by atoms with Gasteiger partial charge in [-0.15, -0.1) is 0 Å². The van der Waals surface area contributed by atoms with Gasteiger partial charge in [0.05, 0.1) is 6.54 Å². The highest BCUT2D eigenvalue weighted by molar-refractivity contribution is 5.93. The third-order valence-corrected chi connectivity index (χ3v) is 4.92. The fraction of sp³-hybridized carbons (Fsp3) is 0.429. The first kappa shape index (κ1) is 18.2. The maximum atomic E-state index is 6.17. The van der Waals surface area contributed by atoms with Gasteiger partial charge in [-0.3, -0.25) is 0 Å². The van der Waals surface area contributed by atoms with Crippen LogP contribution in [0.25, 0.3) is 0 Å². The van der Waals surface area contributed by atoms with Gasteiger partial charge in [0.15, 0.2) is 5.96 Å². The molecule has 1 fully saturated rings. The summed E-state index contributed by atoms with van der Waals surface area (Å²) in [5.74, 6) is 1.51. The minimum Gasteiger partial charge on any atom is -0.370 e. The van der Waals surface area contributed by atoms with Crippen LogP contribution in [-0.4, -0.2) is 24.0 Å². The average molecular weight is 351 g/mol. The lowest BCUT2D eigenvalue weighted by atomic mass is 10.0. The molecule has 1 aliphatic heterocycles. The quantitative estimate of drug-likeness (QED) is 0.615. The highest BCUT2D eigenvalue weighted by Crippen LogP contribution is 2.22. The normalized spacial score (nSPS) is 14.7. The Bertz CT molecular complexity index is 740. The van der Waals surface area contributed by atoms with E-state index in [-0.39, 0.29) is 0 Å². The highest BCUT2D eigenvalue weighted by atomic mass is 15.2. The van der Waals surface area contributed by atoms with Crippen molar-refractivity contribution >= 4 is 17.5 Å². The maximum Gasteiger partial charge on any atom is 0.193 e. The molecule has 5 heteroatoms. The molecule has 0 atom stereocenters. The lowest BCUT2D eigenvalue weighted by molar-refractivity contribution is 0.928. The minimum atomic E-state index is 0.458. The monoisotopic (exact) mass is 351 g/mol. The third kappa shape index (κ3) is 4.34. The fourth-order valence-electron chi connectivity index (χ4n) is 3.43. The van der Waals surface area contributed by atoms with Gasteiger partial charge in [-0.25, -0.2) is 9.98 Å². The zero-order valence-electron chi connectivity index (χ0n) is 15.8. The second-order valence-electron chi connectivity index (χ2n) is 6.70. The van der Waals surface area contributed by atoms with Crippen molar-refractivity contribution in [3.63, 3.8) is 0 Å². The molecule has 0 unspecified atom stereocenters. The third-order valence-electron chi connectivity index (χ3n) is 4.92. The zero-order chi connectivity index (χ0) is 18.4. The number of hydrogen-bond acceptors (Lipinski definition) is 3. The maximum absolute atomic E-state index is 6.17. The Morgan fingerprint density at radius 3 is 2.50 bits per heavy atom. The van der Waals surface area contributed by atoms with E-state index in [1.165, 1.54) is 24.0 Å². The number of aryl methyl sites for hydroxylation is 2. The number of para-hydroxylation sites is 1. The number of rotatable bonds is 6. The number of hydrogen-bond donors (Lipinski definition) is 2. The van der Waals surface area contributed by atoms with E-state index >= 15 is 0 Å². The molecule has 2 aromatic rings. The number of nitrogens with zero attached hydrogens (tertiary/aromatic N) is 3. The standard InChI is InChI=1S/C21H29N5/c1-3-17-8-7-9-18(4-2)20(17)25-21(22)24-15-16-10-11-23-19(14-16)26-12-5-6-13-26/h7-11,14H,3-6,12-13,15H2,1-2H3,(H3,22,24,25). The van der Waals surface area contributed by atoms with Crippen LogP contribution in [0.4, 0.5) is 11.5 Å². The van der Waals surface area contributed by atoms with Gasteiger partial charge in [-0.2, -0.15) is 0 Å². The highest BCUT2D eigenvalue weighted by Gasteiger charge is 2.13. The molecule has 0 bridgehead atoms. The predicted octanol–water partition coefficient (Wildman–Crippen LogP) is 3.73. The summed E-state index contributed by atoms with van der Waals surface area (Å²) in [6.45, 7) is 7.06. The average Bonchev–Trinajstić information content (AvgIpc) is 3.21. The number of benzene rings is 1. The molecule has 1 aromatic heterocycles. The van der Waals surface area contributed by atoms with Crippen LogP contribution in [0.15, 0.2) is 41.5 Å². The van der Waals surface area contributed by atoms with Crippen LogP contribution in [0, 0.1) is 0 Å². The number of nitrogens with one attached hydrogen (secondary N) is 1. The number of nitrogens with two attached hydrogens (primary N) is 1. The molecular weight excluding hydrogens is 322 g/mol. The van der Waals surface area contributed by atoms with Gasteiger partial charge < -0.3 is 16.0 Å². The van der Waals surface area contributed by atoms with Crippen molar-refractivity contribution in [1.82, 2.24) is 4.98 Å². The lowest BCUT2D eigenvalue weighted by Crippen LogP contribution is -2.24. The molecule has 0 aliphatic carbocycles. The molecule has 0 amide bonds. The van der Waals surface area contributed by atoms with E-state index in [0.717, 1.165) is 43.0 Å². The van der Waals surface area contributed by atoms with Crippen molar-refractivity contribution in [2.75, 3.05) is 23.3 Å². The van der Waals surface area contributed by atoms with Crippen LogP contribution in [-0.2, 0) is 19.4 Å². The van der Waals surface area contributed by atoms with E-state index in [2.05, 4.69) is 58.3 Å². The van der Waals surface area contributed by atoms with Gasteiger partial charge >= 0.3 is 0 Å². The lowest BCUT2D eigenvalue weighted by Gasteiger charge is -2.17. The molecular formula is C21H29N5. The summed E-state index contributed by atoms with van der Waals surface area (Å²) in [5.41, 5.74) is 10.9. The molecule has 0 radical (unpaired) electrons. The SMILES string of the molecule is CCc1cccc(CC)c1NC(N)=NCc1ccnc(N2CCCC2)c1. The van der Waals surface area contributed by atoms with Crippen LogP contribution in [0.5, 0.6) is 0 Å². The molecule has 3 rings (SSSR count). The van der Waals surface area contributed by atoms with Crippen LogP contribution < -0.4 is 16.0 Å². The van der Waals surface area contributed by atoms with E-state index in [1.807, 2.05) is 12.3 Å². The van der Waals surface area contributed by atoms with Gasteiger partial charge in [-0.05, 0) is 54.5 Å². The summed E-state index contributed by atoms with van der Waals surface area (Å²) in [6.07, 6.45) is 6.29. The second-order valence-corrected chi connectivity index (χ2v) is 6.70. The number of guanidine groups is 1. The van der Waals surface area contributed by atoms with Gasteiger partial charge in [0.25, 0.3) is 0 Å². The summed E-state index contributed by atoms with van der Waals surface area (Å²) < 4.78 is 0. The number of anilines is 2. The molecule has 138 valence electrons. The molecule has 3 N–H and O–H groups in total. The van der Waals surface area contributed by atoms with E-state index in [9.17, 15) is 0 Å². The summed E-state index contributed by atoms with van der Waals surface area (Å²) in [7, 11) is 0. The summed E-state index contributed by atoms with van der Waals surface area (Å²) in [4.78, 5) is 11.4. The van der Waals surface area contributed by atoms with Crippen LogP contribution in [0.1, 0.15) is 43.4 Å². The summed E-state index contributed by atoms with van der Waals surface area (Å²) in [6, 6.07) is 10.5. The molecule has 0 spiro atoms. The van der Waals surface area contributed by atoms with Gasteiger partial charge in [-0.1, -0.05) is 32.0 Å². The van der Waals surface area contributed by atoms with Gasteiger partial charge in [0.2, 0.25) is 0 Å². The zero-order valence-corrected chi connectivity index (χ0v) is 15.8. The number of aliphatic imine (C=N–C) groups is 1. The van der Waals surface area contributed by atoms with Gasteiger partial charge in [0, 0.05) is 25.0 Å². The number of pyridine rings is 1. The Kier molecular flexibility index (Phi) is 6.10. The van der Waals surface area contributed by atoms with Crippen molar-refractivity contribution in [2.24, 2.45) is 10.7 Å². The van der Waals surface area contributed by atoms with E-state index in [0.29, 0.717) is 12.5 Å². The molecule has 1 aromatic carbocycles. The van der Waals surface area contributed by atoms with E-state index in [4.69, 9.17) is 5.73 Å². The predicted molar refractivity (Wildman–Crippen MR) is 110 cm³/mol. The molecule has 1 aliphatic rings. The fourth-order valence-corrected chi connectivity index (χ4v) is 3.43. The van der Waals surface area contributed by atoms with Crippen molar-refractivity contribution in [3.05, 3.63) is 53.2 Å². The molecule has 2 heterocycles. The molecule has 26 heavy (non-hydrogen) atoms. The van der Waals surface area contributed by atoms with Crippen molar-refractivity contribution in [3.8, 4) is 0 Å².